The zero-order valence-corrected chi connectivity index (χ0v) is 12.0. The van der Waals surface area contributed by atoms with Gasteiger partial charge in [0.25, 0.3) is 10.2 Å². The van der Waals surface area contributed by atoms with Crippen molar-refractivity contribution in [1.82, 2.24) is 9.44 Å². The van der Waals surface area contributed by atoms with Gasteiger partial charge in [0, 0.05) is 13.0 Å². The molecule has 0 aliphatic rings. The summed E-state index contributed by atoms with van der Waals surface area (Å²) in [5.74, 6) is -1.85. The minimum atomic E-state index is -3.91. The Morgan fingerprint density at radius 1 is 1.32 bits per heavy atom. The summed E-state index contributed by atoms with van der Waals surface area (Å²) in [5, 5.41) is 8.89. The van der Waals surface area contributed by atoms with Crippen molar-refractivity contribution in [3.63, 3.8) is 0 Å². The zero-order chi connectivity index (χ0) is 15.1. The molecule has 112 valence electrons. The molecular weight excluding hydrogens is 276 g/mol. The van der Waals surface area contributed by atoms with Crippen molar-refractivity contribution in [3.05, 3.63) is 0 Å². The quantitative estimate of drug-likeness (QED) is 0.492. The number of nitrogens with one attached hydrogen (secondary N) is 2. The highest BCUT2D eigenvalue weighted by molar-refractivity contribution is 7.87. The maximum atomic E-state index is 11.6. The molecule has 19 heavy (non-hydrogen) atoms. The van der Waals surface area contributed by atoms with Crippen LogP contribution in [0.4, 0.5) is 0 Å². The lowest BCUT2D eigenvalue weighted by Crippen LogP contribution is -2.47. The fourth-order valence-electron chi connectivity index (χ4n) is 1.10. The Morgan fingerprint density at radius 3 is 2.32 bits per heavy atom. The summed E-state index contributed by atoms with van der Waals surface area (Å²) >= 11 is 0. The van der Waals surface area contributed by atoms with E-state index in [4.69, 9.17) is 5.11 Å². The lowest BCUT2D eigenvalue weighted by atomic mass is 10.2. The van der Waals surface area contributed by atoms with Gasteiger partial charge in [0.15, 0.2) is 0 Å². The van der Waals surface area contributed by atoms with Gasteiger partial charge in [0.1, 0.15) is 6.04 Å². The maximum Gasteiger partial charge on any atom is 0.321 e. The van der Waals surface area contributed by atoms with Crippen LogP contribution in [0.5, 0.6) is 0 Å². The summed E-state index contributed by atoms with van der Waals surface area (Å²) in [7, 11) is -2.74. The van der Waals surface area contributed by atoms with Crippen LogP contribution in [-0.4, -0.2) is 45.2 Å². The van der Waals surface area contributed by atoms with E-state index in [1.165, 1.54) is 7.11 Å². The van der Waals surface area contributed by atoms with Crippen LogP contribution in [0.1, 0.15) is 26.7 Å². The monoisotopic (exact) mass is 296 g/mol. The van der Waals surface area contributed by atoms with Crippen molar-refractivity contribution < 1.29 is 27.9 Å². The van der Waals surface area contributed by atoms with Crippen LogP contribution in [-0.2, 0) is 24.5 Å². The SMILES string of the molecule is COC(=O)CCC(NS(=O)(=O)NCC(C)C)C(=O)O. The van der Waals surface area contributed by atoms with Crippen molar-refractivity contribution in [2.75, 3.05) is 13.7 Å². The molecule has 3 N–H and O–H groups in total. The standard InChI is InChI=1S/C10H20N2O6S/c1-7(2)6-11-19(16,17)12-8(10(14)15)4-5-9(13)18-3/h7-8,11-12H,4-6H2,1-3H3,(H,14,15). The Kier molecular flexibility index (Phi) is 7.57. The van der Waals surface area contributed by atoms with E-state index >= 15 is 0 Å². The van der Waals surface area contributed by atoms with Crippen LogP contribution in [0, 0.1) is 5.92 Å². The topological polar surface area (TPSA) is 122 Å². The van der Waals surface area contributed by atoms with Gasteiger partial charge in [0.05, 0.1) is 7.11 Å². The summed E-state index contributed by atoms with van der Waals surface area (Å²) < 4.78 is 31.7. The average molecular weight is 296 g/mol. The number of hydrogen-bond donors (Lipinski definition) is 3. The minimum absolute atomic E-state index is 0.0925. The molecule has 0 fully saturated rings. The van der Waals surface area contributed by atoms with Crippen LogP contribution in [0.25, 0.3) is 0 Å². The molecule has 0 saturated carbocycles. The molecule has 0 bridgehead atoms. The third kappa shape index (κ3) is 8.51. The molecule has 0 spiro atoms. The molecule has 0 aromatic carbocycles. The Bertz CT molecular complexity index is 406. The Labute approximate surface area is 112 Å². The van der Waals surface area contributed by atoms with E-state index in [1.807, 2.05) is 18.6 Å². The normalized spacial score (nSPS) is 13.3. The first-order valence-corrected chi connectivity index (χ1v) is 7.22. The van der Waals surface area contributed by atoms with Crippen LogP contribution in [0.3, 0.4) is 0 Å². The van der Waals surface area contributed by atoms with Crippen molar-refractivity contribution in [3.8, 4) is 0 Å². The Morgan fingerprint density at radius 2 is 1.89 bits per heavy atom. The maximum absolute atomic E-state index is 11.6. The third-order valence-electron chi connectivity index (χ3n) is 2.14. The van der Waals surface area contributed by atoms with Gasteiger partial charge in [0.2, 0.25) is 0 Å². The second kappa shape index (κ2) is 8.08. The second-order valence-electron chi connectivity index (χ2n) is 4.37. The lowest BCUT2D eigenvalue weighted by Gasteiger charge is -2.15. The van der Waals surface area contributed by atoms with Crippen molar-refractivity contribution in [2.24, 2.45) is 5.92 Å². The number of methoxy groups -OCH3 is 1. The first-order chi connectivity index (χ1) is 8.68. The number of carboxylic acids is 1. The van der Waals surface area contributed by atoms with Crippen molar-refractivity contribution in [2.45, 2.75) is 32.7 Å². The summed E-state index contributed by atoms with van der Waals surface area (Å²) in [6.07, 6.45) is -0.356. The highest BCUT2D eigenvalue weighted by atomic mass is 32.2. The summed E-state index contributed by atoms with van der Waals surface area (Å²) in [6, 6.07) is -1.37. The van der Waals surface area contributed by atoms with E-state index in [0.717, 1.165) is 0 Å². The van der Waals surface area contributed by atoms with Crippen LogP contribution < -0.4 is 9.44 Å². The average Bonchev–Trinajstić information content (AvgIpc) is 2.31. The van der Waals surface area contributed by atoms with Gasteiger partial charge in [-0.3, -0.25) is 9.59 Å². The first-order valence-electron chi connectivity index (χ1n) is 5.74. The Balaban J connectivity index is 4.49. The van der Waals surface area contributed by atoms with Gasteiger partial charge in [-0.05, 0) is 12.3 Å². The predicted molar refractivity (Wildman–Crippen MR) is 67.6 cm³/mol. The van der Waals surface area contributed by atoms with E-state index < -0.39 is 28.2 Å². The molecule has 0 rings (SSSR count). The number of ether oxygens (including phenoxy) is 1. The van der Waals surface area contributed by atoms with Gasteiger partial charge in [-0.1, -0.05) is 13.8 Å². The van der Waals surface area contributed by atoms with Gasteiger partial charge in [-0.25, -0.2) is 4.72 Å². The molecule has 1 atom stereocenters. The zero-order valence-electron chi connectivity index (χ0n) is 11.2. The number of carboxylic acid groups (broad SMARTS) is 1. The van der Waals surface area contributed by atoms with Crippen molar-refractivity contribution in [1.29, 1.82) is 0 Å². The fraction of sp³-hybridized carbons (Fsp3) is 0.800. The highest BCUT2D eigenvalue weighted by Crippen LogP contribution is 2.01. The fourth-order valence-corrected chi connectivity index (χ4v) is 2.33. The predicted octanol–water partition coefficient (Wildman–Crippen LogP) is -0.527. The van der Waals surface area contributed by atoms with E-state index in [0.29, 0.717) is 0 Å². The minimum Gasteiger partial charge on any atom is -0.480 e. The molecular formula is C10H20N2O6S. The molecule has 0 heterocycles. The van der Waals surface area contributed by atoms with Gasteiger partial charge >= 0.3 is 11.9 Å². The summed E-state index contributed by atoms with van der Waals surface area (Å²) in [4.78, 5) is 21.8. The molecule has 1 unspecified atom stereocenters. The second-order valence-corrected chi connectivity index (χ2v) is 5.90. The van der Waals surface area contributed by atoms with Crippen LogP contribution in [0.15, 0.2) is 0 Å². The molecule has 0 amide bonds. The molecule has 8 nitrogen and oxygen atoms in total. The molecule has 0 aromatic rings. The largest absolute Gasteiger partial charge is 0.480 e. The molecule has 0 aromatic heterocycles. The molecule has 0 aliphatic carbocycles. The number of carbonyl (C=O) groups is 2. The van der Waals surface area contributed by atoms with Gasteiger partial charge in [-0.2, -0.15) is 13.1 Å². The van der Waals surface area contributed by atoms with E-state index in [1.54, 1.807) is 0 Å². The number of esters is 1. The molecule has 0 saturated heterocycles. The van der Waals surface area contributed by atoms with E-state index in [9.17, 15) is 18.0 Å². The van der Waals surface area contributed by atoms with Crippen molar-refractivity contribution >= 4 is 22.1 Å². The summed E-state index contributed by atoms with van der Waals surface area (Å²) in [5.41, 5.74) is 0. The van der Waals surface area contributed by atoms with Crippen LogP contribution in [0.2, 0.25) is 0 Å². The number of rotatable bonds is 9. The third-order valence-corrected chi connectivity index (χ3v) is 3.28. The highest BCUT2D eigenvalue weighted by Gasteiger charge is 2.24. The lowest BCUT2D eigenvalue weighted by molar-refractivity contribution is -0.142. The number of hydrogen-bond acceptors (Lipinski definition) is 5. The van der Waals surface area contributed by atoms with Crippen LogP contribution >= 0.6 is 0 Å². The number of carbonyl (C=O) groups excluding carboxylic acids is 1. The van der Waals surface area contributed by atoms with Gasteiger partial charge in [-0.15, -0.1) is 0 Å². The number of aliphatic carboxylic acids is 1. The Hall–Kier alpha value is -1.19. The molecule has 0 aliphatic heterocycles. The molecule has 9 heteroatoms. The first kappa shape index (κ1) is 17.8. The summed E-state index contributed by atoms with van der Waals surface area (Å²) in [6.45, 7) is 3.82. The van der Waals surface area contributed by atoms with E-state index in [-0.39, 0.29) is 25.3 Å². The smallest absolute Gasteiger partial charge is 0.321 e. The van der Waals surface area contributed by atoms with Gasteiger partial charge < -0.3 is 9.84 Å². The molecule has 0 radical (unpaired) electrons. The van der Waals surface area contributed by atoms with E-state index in [2.05, 4.69) is 9.46 Å².